The van der Waals surface area contributed by atoms with E-state index in [1.54, 1.807) is 6.92 Å². The summed E-state index contributed by atoms with van der Waals surface area (Å²) in [6, 6.07) is 0. The summed E-state index contributed by atoms with van der Waals surface area (Å²) in [5.41, 5.74) is 0.731. The van der Waals surface area contributed by atoms with Crippen molar-refractivity contribution in [3.63, 3.8) is 0 Å². The summed E-state index contributed by atoms with van der Waals surface area (Å²) in [7, 11) is 0. The van der Waals surface area contributed by atoms with Crippen LogP contribution in [0.5, 0.6) is 0 Å². The van der Waals surface area contributed by atoms with Crippen LogP contribution in [0.2, 0.25) is 0 Å². The Kier molecular flexibility index (Phi) is 2.09. The van der Waals surface area contributed by atoms with Crippen molar-refractivity contribution < 1.29 is 9.90 Å². The molecule has 2 N–H and O–H groups in total. The van der Waals surface area contributed by atoms with Crippen LogP contribution in [0.3, 0.4) is 0 Å². The summed E-state index contributed by atoms with van der Waals surface area (Å²) < 4.78 is 0. The molecule has 1 rings (SSSR count). The molecule has 1 heterocycles. The smallest absolute Gasteiger partial charge is 0.409 e. The van der Waals surface area contributed by atoms with Gasteiger partial charge < -0.3 is 5.11 Å². The predicted octanol–water partition coefficient (Wildman–Crippen LogP) is 1.85. The summed E-state index contributed by atoms with van der Waals surface area (Å²) in [5, 5.41) is 12.1. The number of thiazole rings is 1. The van der Waals surface area contributed by atoms with Gasteiger partial charge in [-0.3, -0.25) is 5.32 Å². The first-order valence-corrected chi connectivity index (χ1v) is 3.85. The molecular formula is C6H8N2O2S. The van der Waals surface area contributed by atoms with E-state index in [0.29, 0.717) is 5.00 Å². The van der Waals surface area contributed by atoms with Gasteiger partial charge in [0.15, 0.2) is 0 Å². The Labute approximate surface area is 67.9 Å². The highest BCUT2D eigenvalue weighted by molar-refractivity contribution is 7.16. The minimum Gasteiger partial charge on any atom is -0.465 e. The van der Waals surface area contributed by atoms with E-state index in [2.05, 4.69) is 10.3 Å². The first-order valence-electron chi connectivity index (χ1n) is 3.03. The van der Waals surface area contributed by atoms with Crippen LogP contribution in [0.4, 0.5) is 9.80 Å². The third-order valence-electron chi connectivity index (χ3n) is 1.12. The minimum absolute atomic E-state index is 0.606. The van der Waals surface area contributed by atoms with Gasteiger partial charge >= 0.3 is 6.09 Å². The first kappa shape index (κ1) is 8.00. The van der Waals surface area contributed by atoms with Crippen LogP contribution < -0.4 is 5.32 Å². The summed E-state index contributed by atoms with van der Waals surface area (Å²) >= 11 is 1.34. The van der Waals surface area contributed by atoms with Gasteiger partial charge in [-0.05, 0) is 13.8 Å². The fraction of sp³-hybridized carbons (Fsp3) is 0.333. The number of carboxylic acid groups (broad SMARTS) is 1. The highest BCUT2D eigenvalue weighted by atomic mass is 32.1. The zero-order valence-corrected chi connectivity index (χ0v) is 7.03. The number of anilines is 1. The second-order valence-electron chi connectivity index (χ2n) is 2.08. The molecule has 0 unspecified atom stereocenters. The van der Waals surface area contributed by atoms with Gasteiger partial charge in [-0.15, -0.1) is 11.3 Å². The second kappa shape index (κ2) is 2.87. The molecule has 1 aromatic heterocycles. The molecule has 0 fully saturated rings. The SMILES string of the molecule is Cc1nc(C)c(NC(=O)O)s1. The highest BCUT2D eigenvalue weighted by Crippen LogP contribution is 2.22. The van der Waals surface area contributed by atoms with E-state index in [1.165, 1.54) is 11.3 Å². The zero-order valence-electron chi connectivity index (χ0n) is 6.21. The summed E-state index contributed by atoms with van der Waals surface area (Å²) in [6.45, 7) is 3.61. The molecule has 0 aliphatic carbocycles. The van der Waals surface area contributed by atoms with E-state index in [0.717, 1.165) is 10.7 Å². The zero-order chi connectivity index (χ0) is 8.43. The molecule has 0 aliphatic heterocycles. The van der Waals surface area contributed by atoms with Crippen molar-refractivity contribution in [3.8, 4) is 0 Å². The molecule has 0 saturated carbocycles. The largest absolute Gasteiger partial charge is 0.465 e. The van der Waals surface area contributed by atoms with E-state index in [9.17, 15) is 4.79 Å². The minimum atomic E-state index is -1.04. The molecular weight excluding hydrogens is 164 g/mol. The first-order chi connectivity index (χ1) is 5.09. The van der Waals surface area contributed by atoms with Crippen LogP contribution in [0, 0.1) is 13.8 Å². The van der Waals surface area contributed by atoms with Crippen LogP contribution in [0.15, 0.2) is 0 Å². The van der Waals surface area contributed by atoms with Crippen molar-refractivity contribution in [2.24, 2.45) is 0 Å². The lowest BCUT2D eigenvalue weighted by atomic mass is 10.5. The van der Waals surface area contributed by atoms with E-state index >= 15 is 0 Å². The van der Waals surface area contributed by atoms with Crippen LogP contribution in [-0.2, 0) is 0 Å². The number of nitrogens with zero attached hydrogens (tertiary/aromatic N) is 1. The van der Waals surface area contributed by atoms with Gasteiger partial charge in [0.25, 0.3) is 0 Å². The molecule has 0 spiro atoms. The van der Waals surface area contributed by atoms with Gasteiger partial charge in [-0.25, -0.2) is 9.78 Å². The third kappa shape index (κ3) is 1.91. The fourth-order valence-electron chi connectivity index (χ4n) is 0.744. The molecule has 0 bridgehead atoms. The van der Waals surface area contributed by atoms with E-state index in [-0.39, 0.29) is 0 Å². The van der Waals surface area contributed by atoms with Crippen molar-refractivity contribution in [2.75, 3.05) is 5.32 Å². The maximum absolute atomic E-state index is 10.2. The summed E-state index contributed by atoms with van der Waals surface area (Å²) in [4.78, 5) is 14.3. The van der Waals surface area contributed by atoms with Crippen molar-refractivity contribution in [1.29, 1.82) is 0 Å². The number of nitrogens with one attached hydrogen (secondary N) is 1. The topological polar surface area (TPSA) is 62.2 Å². The van der Waals surface area contributed by atoms with Crippen molar-refractivity contribution in [3.05, 3.63) is 10.7 Å². The van der Waals surface area contributed by atoms with Crippen molar-refractivity contribution in [2.45, 2.75) is 13.8 Å². The number of carbonyl (C=O) groups is 1. The molecule has 0 radical (unpaired) electrons. The lowest BCUT2D eigenvalue weighted by molar-refractivity contribution is 0.210. The van der Waals surface area contributed by atoms with Crippen LogP contribution in [0.25, 0.3) is 0 Å². The standard InChI is InChI=1S/C6H8N2O2S/c1-3-5(8-6(9)10)11-4(2)7-3/h8H,1-2H3,(H,9,10). The molecule has 0 atom stereocenters. The number of aromatic nitrogens is 1. The number of amides is 1. The Hall–Kier alpha value is -1.10. The quantitative estimate of drug-likeness (QED) is 0.679. The maximum Gasteiger partial charge on any atom is 0.409 e. The Balaban J connectivity index is 2.85. The Morgan fingerprint density at radius 3 is 2.64 bits per heavy atom. The Bertz CT molecular complexity index is 282. The summed E-state index contributed by atoms with van der Waals surface area (Å²) in [5.74, 6) is 0. The molecule has 0 aliphatic rings. The van der Waals surface area contributed by atoms with Crippen LogP contribution in [0.1, 0.15) is 10.7 Å². The second-order valence-corrected chi connectivity index (χ2v) is 3.28. The molecule has 11 heavy (non-hydrogen) atoms. The number of aryl methyl sites for hydroxylation is 2. The highest BCUT2D eigenvalue weighted by Gasteiger charge is 2.05. The van der Waals surface area contributed by atoms with Crippen molar-refractivity contribution >= 4 is 22.4 Å². The van der Waals surface area contributed by atoms with Gasteiger partial charge in [0, 0.05) is 0 Å². The van der Waals surface area contributed by atoms with E-state index in [1.807, 2.05) is 6.92 Å². The van der Waals surface area contributed by atoms with Crippen LogP contribution >= 0.6 is 11.3 Å². The molecule has 0 aromatic carbocycles. The lowest BCUT2D eigenvalue weighted by Crippen LogP contribution is -2.06. The van der Waals surface area contributed by atoms with Gasteiger partial charge in [0.1, 0.15) is 5.00 Å². The molecule has 1 amide bonds. The lowest BCUT2D eigenvalue weighted by Gasteiger charge is -1.94. The molecule has 60 valence electrons. The van der Waals surface area contributed by atoms with Crippen LogP contribution in [-0.4, -0.2) is 16.2 Å². The Morgan fingerprint density at radius 1 is 1.64 bits per heavy atom. The number of rotatable bonds is 1. The Morgan fingerprint density at radius 2 is 2.27 bits per heavy atom. The monoisotopic (exact) mass is 172 g/mol. The normalized spacial score (nSPS) is 9.64. The fourth-order valence-corrected chi connectivity index (χ4v) is 1.55. The molecule has 0 saturated heterocycles. The average Bonchev–Trinajstić information content (AvgIpc) is 2.09. The molecule has 5 heteroatoms. The molecule has 1 aromatic rings. The third-order valence-corrected chi connectivity index (χ3v) is 2.11. The average molecular weight is 172 g/mol. The van der Waals surface area contributed by atoms with E-state index in [4.69, 9.17) is 5.11 Å². The van der Waals surface area contributed by atoms with Gasteiger partial charge in [-0.1, -0.05) is 0 Å². The van der Waals surface area contributed by atoms with Crippen molar-refractivity contribution in [1.82, 2.24) is 4.98 Å². The molecule has 4 nitrogen and oxygen atoms in total. The maximum atomic E-state index is 10.2. The van der Waals surface area contributed by atoms with Gasteiger partial charge in [-0.2, -0.15) is 0 Å². The predicted molar refractivity (Wildman–Crippen MR) is 43.2 cm³/mol. The van der Waals surface area contributed by atoms with Gasteiger partial charge in [0.2, 0.25) is 0 Å². The summed E-state index contributed by atoms with van der Waals surface area (Å²) in [6.07, 6.45) is -1.04. The van der Waals surface area contributed by atoms with E-state index < -0.39 is 6.09 Å². The van der Waals surface area contributed by atoms with Gasteiger partial charge in [0.05, 0.1) is 10.7 Å². The number of hydrogen-bond donors (Lipinski definition) is 2. The number of hydrogen-bond acceptors (Lipinski definition) is 3.